The number of nitrogens with zero attached hydrogens (tertiary/aromatic N) is 3. The maximum absolute atomic E-state index is 13.8. The molecule has 0 radical (unpaired) electrons. The number of carboxylic acids is 1. The van der Waals surface area contributed by atoms with E-state index in [2.05, 4.69) is 10.6 Å². The second-order valence-corrected chi connectivity index (χ2v) is 10.3. The van der Waals surface area contributed by atoms with Crippen molar-refractivity contribution in [1.82, 2.24) is 15.1 Å². The molecule has 2 atom stereocenters. The molecule has 42 heavy (non-hydrogen) atoms. The Balaban J connectivity index is 1.67. The number of rotatable bonds is 8. The van der Waals surface area contributed by atoms with E-state index in [4.69, 9.17) is 23.2 Å². The average Bonchev–Trinajstić information content (AvgIpc) is 3.40. The molecule has 0 spiro atoms. The van der Waals surface area contributed by atoms with Crippen LogP contribution in [0.15, 0.2) is 66.7 Å². The summed E-state index contributed by atoms with van der Waals surface area (Å²) in [5.41, 5.74) is 1.26. The van der Waals surface area contributed by atoms with E-state index in [1.165, 1.54) is 41.3 Å². The van der Waals surface area contributed by atoms with Gasteiger partial charge in [-0.25, -0.2) is 4.79 Å². The number of hydrogen-bond acceptors (Lipinski definition) is 6. The smallest absolute Gasteiger partial charge is 0.323 e. The van der Waals surface area contributed by atoms with Gasteiger partial charge in [-0.15, -0.1) is 0 Å². The summed E-state index contributed by atoms with van der Waals surface area (Å²) in [5.74, 6) is -2.65. The maximum atomic E-state index is 13.8. The summed E-state index contributed by atoms with van der Waals surface area (Å²) in [6, 6.07) is 14.4. The van der Waals surface area contributed by atoms with Gasteiger partial charge in [0.2, 0.25) is 0 Å². The van der Waals surface area contributed by atoms with Gasteiger partial charge in [0.05, 0.1) is 27.4 Å². The molecule has 3 aromatic carbocycles. The monoisotopic (exact) mass is 613 g/mol. The van der Waals surface area contributed by atoms with Gasteiger partial charge in [0, 0.05) is 36.5 Å². The van der Waals surface area contributed by atoms with Crippen molar-refractivity contribution in [3.8, 4) is 0 Å². The van der Waals surface area contributed by atoms with Gasteiger partial charge < -0.3 is 20.6 Å². The molecular weight excluding hydrogens is 589 g/mol. The molecule has 3 aromatic rings. The zero-order valence-electron chi connectivity index (χ0n) is 22.1. The lowest BCUT2D eigenvalue weighted by Crippen LogP contribution is -2.55. The molecule has 1 aliphatic heterocycles. The summed E-state index contributed by atoms with van der Waals surface area (Å²) in [7, 11) is 0. The largest absolute Gasteiger partial charge is 0.481 e. The number of benzene rings is 3. The second-order valence-electron chi connectivity index (χ2n) is 9.51. The Kier molecular flexibility index (Phi) is 9.28. The molecule has 0 bridgehead atoms. The first-order valence-electron chi connectivity index (χ1n) is 12.6. The van der Waals surface area contributed by atoms with Gasteiger partial charge in [-0.05, 0) is 42.8 Å². The maximum Gasteiger partial charge on any atom is 0.323 e. The van der Waals surface area contributed by atoms with Gasteiger partial charge in [0.15, 0.2) is 6.17 Å². The van der Waals surface area contributed by atoms with Crippen molar-refractivity contribution in [2.45, 2.75) is 25.6 Å². The molecule has 1 fully saturated rings. The van der Waals surface area contributed by atoms with Crippen LogP contribution >= 0.6 is 23.2 Å². The van der Waals surface area contributed by atoms with Crippen LogP contribution in [0.25, 0.3) is 0 Å². The fourth-order valence-corrected chi connectivity index (χ4v) is 4.88. The van der Waals surface area contributed by atoms with Crippen molar-refractivity contribution in [2.24, 2.45) is 0 Å². The highest BCUT2D eigenvalue weighted by Crippen LogP contribution is 2.27. The van der Waals surface area contributed by atoms with E-state index in [1.807, 2.05) is 0 Å². The Hall–Kier alpha value is -4.68. The number of aliphatic carboxylic acids is 1. The Morgan fingerprint density at radius 3 is 2.38 bits per heavy atom. The topological polar surface area (TPSA) is 162 Å². The highest BCUT2D eigenvalue weighted by Gasteiger charge is 2.44. The van der Waals surface area contributed by atoms with Crippen LogP contribution in [0, 0.1) is 17.0 Å². The van der Waals surface area contributed by atoms with Crippen LogP contribution in [0.1, 0.15) is 33.9 Å². The number of hydrogen-bond donors (Lipinski definition) is 3. The van der Waals surface area contributed by atoms with E-state index < -0.39 is 47.4 Å². The van der Waals surface area contributed by atoms with Gasteiger partial charge >= 0.3 is 12.0 Å². The van der Waals surface area contributed by atoms with Crippen molar-refractivity contribution >= 4 is 58.4 Å². The van der Waals surface area contributed by atoms with Crippen LogP contribution in [-0.4, -0.2) is 62.9 Å². The SMILES string of the molecule is Cc1cccc(C(=O)N2CCN(C(=O)Nc3ccc(Cl)c(Cl)c3)C2C(=O)NC(CC(=O)O)c2cccc([N+](=O)[O-])c2)c1. The first-order chi connectivity index (χ1) is 19.9. The summed E-state index contributed by atoms with van der Waals surface area (Å²) in [6.07, 6.45) is -2.09. The second kappa shape index (κ2) is 12.9. The van der Waals surface area contributed by atoms with Gasteiger partial charge in [0.25, 0.3) is 17.5 Å². The van der Waals surface area contributed by atoms with Crippen molar-refractivity contribution in [3.05, 3.63) is 104 Å². The van der Waals surface area contributed by atoms with Crippen molar-refractivity contribution in [1.29, 1.82) is 0 Å². The molecule has 1 saturated heterocycles. The molecule has 1 heterocycles. The summed E-state index contributed by atoms with van der Waals surface area (Å²) in [5, 5.41) is 26.5. The Morgan fingerprint density at radius 2 is 1.71 bits per heavy atom. The van der Waals surface area contributed by atoms with Crippen LogP contribution in [0.5, 0.6) is 0 Å². The summed E-state index contributed by atoms with van der Waals surface area (Å²) in [4.78, 5) is 65.5. The number of carbonyl (C=O) groups excluding carboxylic acids is 3. The predicted molar refractivity (Wildman–Crippen MR) is 154 cm³/mol. The molecule has 2 unspecified atom stereocenters. The number of anilines is 1. The molecule has 4 rings (SSSR count). The van der Waals surface area contributed by atoms with E-state index in [0.29, 0.717) is 5.56 Å². The first kappa shape index (κ1) is 30.3. The highest BCUT2D eigenvalue weighted by molar-refractivity contribution is 6.42. The minimum Gasteiger partial charge on any atom is -0.481 e. The zero-order valence-corrected chi connectivity index (χ0v) is 23.6. The fraction of sp³-hybridized carbons (Fsp3) is 0.214. The molecule has 218 valence electrons. The number of carbonyl (C=O) groups is 4. The Labute approximate surface area is 250 Å². The third kappa shape index (κ3) is 6.96. The number of halogens is 2. The lowest BCUT2D eigenvalue weighted by atomic mass is 10.0. The molecule has 12 nitrogen and oxygen atoms in total. The van der Waals surface area contributed by atoms with Crippen LogP contribution in [0.3, 0.4) is 0 Å². The van der Waals surface area contributed by atoms with Crippen molar-refractivity contribution in [3.63, 3.8) is 0 Å². The third-order valence-corrected chi connectivity index (χ3v) is 7.28. The third-order valence-electron chi connectivity index (χ3n) is 6.54. The number of nitro benzene ring substituents is 1. The molecule has 4 amide bonds. The van der Waals surface area contributed by atoms with E-state index in [9.17, 15) is 34.4 Å². The molecule has 3 N–H and O–H groups in total. The molecular formula is C28H25Cl2N5O7. The molecule has 0 aromatic heterocycles. The predicted octanol–water partition coefficient (Wildman–Crippen LogP) is 4.86. The van der Waals surface area contributed by atoms with Gasteiger partial charge in [-0.2, -0.15) is 0 Å². The minimum atomic E-state index is -1.48. The molecule has 1 aliphatic rings. The van der Waals surface area contributed by atoms with E-state index in [1.54, 1.807) is 31.2 Å². The quantitative estimate of drug-likeness (QED) is 0.241. The average molecular weight is 614 g/mol. The number of nitro groups is 1. The highest BCUT2D eigenvalue weighted by atomic mass is 35.5. The number of amides is 4. The molecule has 0 saturated carbocycles. The number of nitrogens with one attached hydrogen (secondary N) is 2. The van der Waals surface area contributed by atoms with Crippen molar-refractivity contribution in [2.75, 3.05) is 18.4 Å². The summed E-state index contributed by atoms with van der Waals surface area (Å²) < 4.78 is 0. The summed E-state index contributed by atoms with van der Waals surface area (Å²) >= 11 is 12.0. The van der Waals surface area contributed by atoms with E-state index >= 15 is 0 Å². The number of aryl methyl sites for hydroxylation is 1. The van der Waals surface area contributed by atoms with E-state index in [0.717, 1.165) is 16.5 Å². The van der Waals surface area contributed by atoms with Crippen molar-refractivity contribution < 1.29 is 29.2 Å². The number of non-ortho nitro benzene ring substituents is 1. The van der Waals surface area contributed by atoms with Gasteiger partial charge in [-0.3, -0.25) is 29.4 Å². The number of carboxylic acid groups (broad SMARTS) is 1. The lowest BCUT2D eigenvalue weighted by Gasteiger charge is -2.31. The van der Waals surface area contributed by atoms with Crippen LogP contribution in [0.4, 0.5) is 16.2 Å². The first-order valence-corrected chi connectivity index (χ1v) is 13.4. The zero-order chi connectivity index (χ0) is 30.6. The van der Waals surface area contributed by atoms with Gasteiger partial charge in [0.1, 0.15) is 0 Å². The van der Waals surface area contributed by atoms with Gasteiger partial charge in [-0.1, -0.05) is 53.0 Å². The lowest BCUT2D eigenvalue weighted by molar-refractivity contribution is -0.384. The molecule has 14 heteroatoms. The standard InChI is InChI=1S/C28H25Cl2N5O7/c1-16-4-2-6-18(12-16)27(39)33-10-11-34(28(40)31-19-8-9-21(29)22(30)14-19)26(33)25(38)32-23(15-24(36)37)17-5-3-7-20(13-17)35(41)42/h2-9,12-14,23,26H,10-11,15H2,1H3,(H,31,40)(H,32,38)(H,36,37). The summed E-state index contributed by atoms with van der Waals surface area (Å²) in [6.45, 7) is 1.78. The Morgan fingerprint density at radius 1 is 1.00 bits per heavy atom. The minimum absolute atomic E-state index is 0.0000614. The van der Waals surface area contributed by atoms with Crippen LogP contribution < -0.4 is 10.6 Å². The molecule has 0 aliphatic carbocycles. The normalized spacial score (nSPS) is 15.2. The van der Waals surface area contributed by atoms with Crippen LogP contribution in [-0.2, 0) is 9.59 Å². The fourth-order valence-electron chi connectivity index (χ4n) is 4.58. The van der Waals surface area contributed by atoms with E-state index in [-0.39, 0.29) is 40.1 Å². The number of urea groups is 1. The van der Waals surface area contributed by atoms with Crippen LogP contribution in [0.2, 0.25) is 10.0 Å². The Bertz CT molecular complexity index is 1570.